The van der Waals surface area contributed by atoms with Crippen molar-refractivity contribution in [3.8, 4) is 11.5 Å². The first-order chi connectivity index (χ1) is 13.1. The number of rotatable bonds is 7. The highest BCUT2D eigenvalue weighted by Gasteiger charge is 2.25. The Morgan fingerprint density at radius 2 is 1.89 bits per heavy atom. The van der Waals surface area contributed by atoms with Crippen LogP contribution in [0.25, 0.3) is 0 Å². The number of nitrogens with zero attached hydrogens (tertiary/aromatic N) is 3. The quantitative estimate of drug-likeness (QED) is 0.646. The summed E-state index contributed by atoms with van der Waals surface area (Å²) >= 11 is 5.93. The lowest BCUT2D eigenvalue weighted by Gasteiger charge is -2.15. The second-order valence-electron chi connectivity index (χ2n) is 5.71. The van der Waals surface area contributed by atoms with E-state index in [4.69, 9.17) is 21.1 Å². The van der Waals surface area contributed by atoms with E-state index in [0.717, 1.165) is 5.56 Å². The Kier molecular flexibility index (Phi) is 5.87. The van der Waals surface area contributed by atoms with Crippen LogP contribution in [-0.4, -0.2) is 40.8 Å². The zero-order valence-electron chi connectivity index (χ0n) is 14.8. The van der Waals surface area contributed by atoms with Gasteiger partial charge in [-0.3, -0.25) is 4.79 Å². The number of anilines is 1. The molecule has 1 amide bonds. The zero-order chi connectivity index (χ0) is 19.2. The molecule has 9 heteroatoms. The van der Waals surface area contributed by atoms with Gasteiger partial charge >= 0.3 is 0 Å². The van der Waals surface area contributed by atoms with Crippen LogP contribution in [0.5, 0.6) is 11.5 Å². The summed E-state index contributed by atoms with van der Waals surface area (Å²) < 4.78 is 10.5. The van der Waals surface area contributed by atoms with E-state index in [1.807, 2.05) is 12.1 Å². The van der Waals surface area contributed by atoms with Crippen molar-refractivity contribution < 1.29 is 14.3 Å². The molecule has 0 saturated carbocycles. The number of aromatic amines is 1. The Labute approximate surface area is 160 Å². The number of benzene rings is 2. The molecule has 0 aliphatic carbocycles. The molecule has 1 unspecified atom stereocenters. The second-order valence-corrected chi connectivity index (χ2v) is 6.15. The molecule has 8 nitrogen and oxygen atoms in total. The van der Waals surface area contributed by atoms with Gasteiger partial charge in [0.15, 0.2) is 17.3 Å². The first-order valence-corrected chi connectivity index (χ1v) is 8.49. The van der Waals surface area contributed by atoms with Crippen LogP contribution in [0.4, 0.5) is 5.69 Å². The summed E-state index contributed by atoms with van der Waals surface area (Å²) in [6.07, 6.45) is 0.399. The number of carbonyl (C=O) groups excluding carboxylic acids is 1. The van der Waals surface area contributed by atoms with Gasteiger partial charge in [-0.25, -0.2) is 0 Å². The highest BCUT2D eigenvalue weighted by molar-refractivity contribution is 6.30. The molecule has 140 valence electrons. The number of tetrazole rings is 1. The third-order valence-electron chi connectivity index (χ3n) is 3.99. The molecule has 0 radical (unpaired) electrons. The lowest BCUT2D eigenvalue weighted by atomic mass is 9.97. The van der Waals surface area contributed by atoms with Crippen LogP contribution in [0.15, 0.2) is 42.5 Å². The van der Waals surface area contributed by atoms with E-state index in [0.29, 0.717) is 34.5 Å². The number of halogens is 1. The fourth-order valence-electron chi connectivity index (χ4n) is 2.62. The molecule has 1 atom stereocenters. The summed E-state index contributed by atoms with van der Waals surface area (Å²) in [7, 11) is 3.08. The molecule has 27 heavy (non-hydrogen) atoms. The highest BCUT2D eigenvalue weighted by atomic mass is 35.5. The van der Waals surface area contributed by atoms with Crippen LogP contribution < -0.4 is 14.8 Å². The monoisotopic (exact) mass is 387 g/mol. The Morgan fingerprint density at radius 1 is 1.15 bits per heavy atom. The van der Waals surface area contributed by atoms with Crippen LogP contribution in [-0.2, 0) is 11.2 Å². The first kappa shape index (κ1) is 18.7. The van der Waals surface area contributed by atoms with E-state index in [2.05, 4.69) is 25.9 Å². The lowest BCUT2D eigenvalue weighted by Crippen LogP contribution is -2.24. The van der Waals surface area contributed by atoms with Gasteiger partial charge < -0.3 is 14.8 Å². The summed E-state index contributed by atoms with van der Waals surface area (Å²) in [6.45, 7) is 0. The summed E-state index contributed by atoms with van der Waals surface area (Å²) in [4.78, 5) is 12.9. The SMILES string of the molecule is COc1ccc(NC(=O)C(Cc2ccc(Cl)cc2)c2nn[nH]n2)cc1OC. The van der Waals surface area contributed by atoms with Gasteiger partial charge in [-0.05, 0) is 36.2 Å². The summed E-state index contributed by atoms with van der Waals surface area (Å²) in [5.41, 5.74) is 1.50. The fourth-order valence-corrected chi connectivity index (χ4v) is 2.74. The summed E-state index contributed by atoms with van der Waals surface area (Å²) in [6, 6.07) is 12.4. The normalized spacial score (nSPS) is 11.7. The molecule has 0 aliphatic rings. The molecule has 0 aliphatic heterocycles. The number of hydrogen-bond donors (Lipinski definition) is 2. The van der Waals surface area contributed by atoms with Gasteiger partial charge in [0.1, 0.15) is 5.92 Å². The van der Waals surface area contributed by atoms with Crippen LogP contribution in [0.3, 0.4) is 0 Å². The Hall–Kier alpha value is -3.13. The zero-order valence-corrected chi connectivity index (χ0v) is 15.5. The van der Waals surface area contributed by atoms with Gasteiger partial charge in [-0.2, -0.15) is 5.21 Å². The van der Waals surface area contributed by atoms with Gasteiger partial charge in [0, 0.05) is 16.8 Å². The Morgan fingerprint density at radius 3 is 2.52 bits per heavy atom. The summed E-state index contributed by atoms with van der Waals surface area (Å²) in [5, 5.41) is 17.4. The number of H-pyrrole nitrogens is 1. The average Bonchev–Trinajstić information content (AvgIpc) is 3.21. The van der Waals surface area contributed by atoms with Crippen LogP contribution >= 0.6 is 11.6 Å². The molecule has 0 bridgehead atoms. The molecule has 1 heterocycles. The number of nitrogens with one attached hydrogen (secondary N) is 2. The third kappa shape index (κ3) is 4.53. The lowest BCUT2D eigenvalue weighted by molar-refractivity contribution is -0.117. The first-order valence-electron chi connectivity index (χ1n) is 8.11. The largest absolute Gasteiger partial charge is 0.493 e. The van der Waals surface area contributed by atoms with Crippen LogP contribution in [0, 0.1) is 0 Å². The van der Waals surface area contributed by atoms with Crippen molar-refractivity contribution in [2.24, 2.45) is 0 Å². The molecule has 2 aromatic carbocycles. The van der Waals surface area contributed by atoms with Crippen molar-refractivity contribution >= 4 is 23.2 Å². The van der Waals surface area contributed by atoms with Crippen molar-refractivity contribution in [2.45, 2.75) is 12.3 Å². The number of ether oxygens (including phenoxy) is 2. The Bertz CT molecular complexity index is 900. The molecular weight excluding hydrogens is 370 g/mol. The number of methoxy groups -OCH3 is 2. The third-order valence-corrected chi connectivity index (χ3v) is 4.25. The number of aromatic nitrogens is 4. The van der Waals surface area contributed by atoms with Crippen molar-refractivity contribution in [1.29, 1.82) is 0 Å². The predicted octanol–water partition coefficient (Wildman–Crippen LogP) is 2.84. The second kappa shape index (κ2) is 8.50. The van der Waals surface area contributed by atoms with Crippen molar-refractivity contribution in [1.82, 2.24) is 20.6 Å². The number of hydrogen-bond acceptors (Lipinski definition) is 6. The minimum Gasteiger partial charge on any atom is -0.493 e. The molecule has 0 spiro atoms. The van der Waals surface area contributed by atoms with Gasteiger partial charge in [0.25, 0.3) is 0 Å². The number of carbonyl (C=O) groups is 1. The molecule has 3 aromatic rings. The van der Waals surface area contributed by atoms with E-state index in [-0.39, 0.29) is 5.91 Å². The maximum absolute atomic E-state index is 12.9. The predicted molar refractivity (Wildman–Crippen MR) is 100 cm³/mol. The molecule has 0 fully saturated rings. The van der Waals surface area contributed by atoms with Gasteiger partial charge in [-0.15, -0.1) is 10.2 Å². The molecular formula is C18H18ClN5O3. The smallest absolute Gasteiger partial charge is 0.235 e. The van der Waals surface area contributed by atoms with Crippen molar-refractivity contribution in [3.63, 3.8) is 0 Å². The minimum absolute atomic E-state index is 0.265. The van der Waals surface area contributed by atoms with Crippen LogP contribution in [0.1, 0.15) is 17.3 Å². The fraction of sp³-hybridized carbons (Fsp3) is 0.222. The standard InChI is InChI=1S/C18H18ClN5O3/c1-26-15-8-7-13(10-16(15)27-2)20-18(25)14(17-21-23-24-22-17)9-11-3-5-12(19)6-4-11/h3-8,10,14H,9H2,1-2H3,(H,20,25)(H,21,22,23,24). The number of amides is 1. The van der Waals surface area contributed by atoms with Gasteiger partial charge in [0.05, 0.1) is 14.2 Å². The van der Waals surface area contributed by atoms with Crippen LogP contribution in [0.2, 0.25) is 5.02 Å². The molecule has 1 aromatic heterocycles. The summed E-state index contributed by atoms with van der Waals surface area (Å²) in [5.74, 6) is 0.509. The van der Waals surface area contributed by atoms with E-state index < -0.39 is 5.92 Å². The minimum atomic E-state index is -0.627. The molecule has 3 rings (SSSR count). The maximum atomic E-state index is 12.9. The van der Waals surface area contributed by atoms with E-state index in [1.54, 1.807) is 37.4 Å². The average molecular weight is 388 g/mol. The Balaban J connectivity index is 1.82. The van der Waals surface area contributed by atoms with E-state index in [9.17, 15) is 4.79 Å². The topological polar surface area (TPSA) is 102 Å². The van der Waals surface area contributed by atoms with Crippen molar-refractivity contribution in [2.75, 3.05) is 19.5 Å². The van der Waals surface area contributed by atoms with E-state index in [1.165, 1.54) is 7.11 Å². The van der Waals surface area contributed by atoms with E-state index >= 15 is 0 Å². The van der Waals surface area contributed by atoms with Gasteiger partial charge in [0.2, 0.25) is 5.91 Å². The van der Waals surface area contributed by atoms with Gasteiger partial charge in [-0.1, -0.05) is 28.9 Å². The van der Waals surface area contributed by atoms with Crippen molar-refractivity contribution in [3.05, 3.63) is 58.9 Å². The molecule has 0 saturated heterocycles. The molecule has 2 N–H and O–H groups in total. The maximum Gasteiger partial charge on any atom is 0.235 e. The highest BCUT2D eigenvalue weighted by Crippen LogP contribution is 2.30.